The van der Waals surface area contributed by atoms with E-state index in [-0.39, 0.29) is 43.3 Å². The summed E-state index contributed by atoms with van der Waals surface area (Å²) in [6, 6.07) is 0.207. The number of Topliss-reactive ketones (excluding diaryl/α,β-unsaturated/α-hetero) is 1. The van der Waals surface area contributed by atoms with Crippen LogP contribution in [-0.2, 0) is 23.8 Å². The third kappa shape index (κ3) is 14.6. The molecule has 1 fully saturated rings. The van der Waals surface area contributed by atoms with Crippen LogP contribution in [-0.4, -0.2) is 73.9 Å². The first-order valence-corrected chi connectivity index (χ1v) is 11.8. The molecule has 30 heavy (non-hydrogen) atoms. The fraction of sp³-hybridized carbons (Fsp3) is 0.857. The lowest BCUT2D eigenvalue weighted by Crippen LogP contribution is -2.39. The highest BCUT2D eigenvalue weighted by Crippen LogP contribution is 2.31. The minimum Gasteiger partial charge on any atom is -0.447 e. The Kier molecular flexibility index (Phi) is 14.6. The third-order valence-corrected chi connectivity index (χ3v) is 5.97. The summed E-state index contributed by atoms with van der Waals surface area (Å²) < 4.78 is 15.9. The van der Waals surface area contributed by atoms with E-state index in [1.807, 2.05) is 11.8 Å². The Morgan fingerprint density at radius 1 is 0.933 bits per heavy atom. The highest BCUT2D eigenvalue weighted by atomic mass is 32.2. The van der Waals surface area contributed by atoms with Crippen molar-refractivity contribution in [3.8, 4) is 0 Å². The lowest BCUT2D eigenvalue weighted by molar-refractivity contribution is -0.124. The molecule has 1 aliphatic rings. The standard InChI is InChI=1S/C21H38N2O6S/c1-16(2)30-19-7-5-18(6-8-19)23-21(26)29-15-14-28-13-12-27-11-10-22-20(25)9-4-17(3)24/h16,18-19H,4-15H2,1-3H3,(H,22,25)(H,23,26). The number of amides is 2. The number of rotatable bonds is 15. The molecular weight excluding hydrogens is 408 g/mol. The van der Waals surface area contributed by atoms with Gasteiger partial charge in [0.1, 0.15) is 12.4 Å². The van der Waals surface area contributed by atoms with Crippen molar-refractivity contribution in [1.82, 2.24) is 10.6 Å². The van der Waals surface area contributed by atoms with E-state index in [1.165, 1.54) is 6.92 Å². The van der Waals surface area contributed by atoms with Crippen molar-refractivity contribution < 1.29 is 28.6 Å². The lowest BCUT2D eigenvalue weighted by Gasteiger charge is -2.29. The van der Waals surface area contributed by atoms with Gasteiger partial charge < -0.3 is 29.6 Å². The molecule has 0 spiro atoms. The van der Waals surface area contributed by atoms with Crippen LogP contribution < -0.4 is 10.6 Å². The van der Waals surface area contributed by atoms with E-state index in [0.717, 1.165) is 25.7 Å². The molecule has 0 radical (unpaired) electrons. The van der Waals surface area contributed by atoms with Crippen LogP contribution in [0.4, 0.5) is 4.79 Å². The number of carbonyl (C=O) groups excluding carboxylic acids is 3. The van der Waals surface area contributed by atoms with Gasteiger partial charge in [0.15, 0.2) is 0 Å². The Bertz CT molecular complexity index is 510. The average Bonchev–Trinajstić information content (AvgIpc) is 2.69. The number of thioether (sulfide) groups is 1. The SMILES string of the molecule is CC(=O)CCC(=O)NCCOCCOCCOC(=O)NC1CCC(SC(C)C)CC1. The van der Waals surface area contributed by atoms with E-state index in [0.29, 0.717) is 43.5 Å². The second-order valence-corrected chi connectivity index (χ2v) is 9.60. The van der Waals surface area contributed by atoms with Gasteiger partial charge in [-0.3, -0.25) is 4.79 Å². The summed E-state index contributed by atoms with van der Waals surface area (Å²) in [5.74, 6) is -0.147. The van der Waals surface area contributed by atoms with Crippen LogP contribution in [0.3, 0.4) is 0 Å². The quantitative estimate of drug-likeness (QED) is 0.373. The van der Waals surface area contributed by atoms with Gasteiger partial charge in [-0.2, -0.15) is 11.8 Å². The van der Waals surface area contributed by atoms with E-state index in [9.17, 15) is 14.4 Å². The van der Waals surface area contributed by atoms with Crippen molar-refractivity contribution in [3.63, 3.8) is 0 Å². The predicted molar refractivity (Wildman–Crippen MR) is 118 cm³/mol. The van der Waals surface area contributed by atoms with Crippen LogP contribution in [0.5, 0.6) is 0 Å². The van der Waals surface area contributed by atoms with E-state index in [4.69, 9.17) is 14.2 Å². The number of ketones is 1. The zero-order chi connectivity index (χ0) is 22.2. The van der Waals surface area contributed by atoms with Gasteiger partial charge in [0.25, 0.3) is 0 Å². The molecule has 0 aromatic carbocycles. The number of ether oxygens (including phenoxy) is 3. The topological polar surface area (TPSA) is 103 Å². The number of nitrogens with one attached hydrogen (secondary N) is 2. The van der Waals surface area contributed by atoms with Gasteiger partial charge in [-0.05, 0) is 37.9 Å². The molecule has 2 amide bonds. The maximum Gasteiger partial charge on any atom is 0.407 e. The Labute approximate surface area is 184 Å². The maximum atomic E-state index is 11.8. The number of hydrogen-bond donors (Lipinski definition) is 2. The van der Waals surface area contributed by atoms with Crippen molar-refractivity contribution in [1.29, 1.82) is 0 Å². The predicted octanol–water partition coefficient (Wildman–Crippen LogP) is 2.68. The van der Waals surface area contributed by atoms with Crippen LogP contribution in [0.1, 0.15) is 59.3 Å². The molecular formula is C21H38N2O6S. The molecule has 0 saturated heterocycles. The number of alkyl carbamates (subject to hydrolysis) is 1. The fourth-order valence-corrected chi connectivity index (χ4v) is 4.41. The smallest absolute Gasteiger partial charge is 0.407 e. The molecule has 0 aliphatic heterocycles. The lowest BCUT2D eigenvalue weighted by atomic mass is 9.95. The Hall–Kier alpha value is -1.32. The van der Waals surface area contributed by atoms with Gasteiger partial charge in [-0.15, -0.1) is 0 Å². The molecule has 174 valence electrons. The van der Waals surface area contributed by atoms with E-state index >= 15 is 0 Å². The molecule has 2 N–H and O–H groups in total. The highest BCUT2D eigenvalue weighted by Gasteiger charge is 2.23. The largest absolute Gasteiger partial charge is 0.447 e. The summed E-state index contributed by atoms with van der Waals surface area (Å²) in [6.07, 6.45) is 4.38. The van der Waals surface area contributed by atoms with Gasteiger partial charge in [-0.1, -0.05) is 13.8 Å². The monoisotopic (exact) mass is 446 g/mol. The first-order valence-electron chi connectivity index (χ1n) is 10.9. The molecule has 0 atom stereocenters. The molecule has 0 aromatic heterocycles. The van der Waals surface area contributed by atoms with Crippen LogP contribution in [0.15, 0.2) is 0 Å². The Balaban J connectivity index is 1.88. The van der Waals surface area contributed by atoms with Gasteiger partial charge in [0.05, 0.1) is 26.4 Å². The summed E-state index contributed by atoms with van der Waals surface area (Å²) in [5, 5.41) is 6.98. The number of carbonyl (C=O) groups is 3. The summed E-state index contributed by atoms with van der Waals surface area (Å²) >= 11 is 2.03. The van der Waals surface area contributed by atoms with Gasteiger partial charge in [0, 0.05) is 30.7 Å². The average molecular weight is 447 g/mol. The van der Waals surface area contributed by atoms with Crippen molar-refractivity contribution in [2.24, 2.45) is 0 Å². The summed E-state index contributed by atoms with van der Waals surface area (Å²) in [6.45, 7) is 8.00. The van der Waals surface area contributed by atoms with Crippen molar-refractivity contribution in [3.05, 3.63) is 0 Å². The third-order valence-electron chi connectivity index (χ3n) is 4.57. The van der Waals surface area contributed by atoms with Crippen molar-refractivity contribution >= 4 is 29.5 Å². The van der Waals surface area contributed by atoms with Crippen LogP contribution >= 0.6 is 11.8 Å². The zero-order valence-electron chi connectivity index (χ0n) is 18.6. The molecule has 9 heteroatoms. The maximum absolute atomic E-state index is 11.8. The molecule has 8 nitrogen and oxygen atoms in total. The number of hydrogen-bond acceptors (Lipinski definition) is 7. The fourth-order valence-electron chi connectivity index (χ4n) is 3.09. The Morgan fingerprint density at radius 2 is 1.57 bits per heavy atom. The highest BCUT2D eigenvalue weighted by molar-refractivity contribution is 8.00. The van der Waals surface area contributed by atoms with E-state index < -0.39 is 0 Å². The molecule has 0 bridgehead atoms. The van der Waals surface area contributed by atoms with E-state index in [2.05, 4.69) is 24.5 Å². The minimum absolute atomic E-state index is 0.00317. The van der Waals surface area contributed by atoms with Crippen LogP contribution in [0, 0.1) is 0 Å². The van der Waals surface area contributed by atoms with Gasteiger partial charge in [-0.25, -0.2) is 4.79 Å². The first-order chi connectivity index (χ1) is 14.4. The molecule has 1 aliphatic carbocycles. The van der Waals surface area contributed by atoms with Crippen LogP contribution in [0.2, 0.25) is 0 Å². The van der Waals surface area contributed by atoms with Crippen molar-refractivity contribution in [2.45, 2.75) is 75.8 Å². The molecule has 0 aromatic rings. The second-order valence-electron chi connectivity index (χ2n) is 7.72. The van der Waals surface area contributed by atoms with Crippen LogP contribution in [0.25, 0.3) is 0 Å². The zero-order valence-corrected chi connectivity index (χ0v) is 19.4. The van der Waals surface area contributed by atoms with Gasteiger partial charge in [0.2, 0.25) is 5.91 Å². The Morgan fingerprint density at radius 3 is 2.20 bits per heavy atom. The minimum atomic E-state index is -0.379. The molecule has 1 rings (SSSR count). The second kappa shape index (κ2) is 16.4. The summed E-state index contributed by atoms with van der Waals surface area (Å²) in [5.41, 5.74) is 0. The molecule has 0 heterocycles. The molecule has 1 saturated carbocycles. The first kappa shape index (κ1) is 26.7. The van der Waals surface area contributed by atoms with E-state index in [1.54, 1.807) is 0 Å². The molecule has 0 unspecified atom stereocenters. The van der Waals surface area contributed by atoms with Crippen molar-refractivity contribution in [2.75, 3.05) is 39.6 Å². The summed E-state index contributed by atoms with van der Waals surface area (Å²) in [7, 11) is 0. The van der Waals surface area contributed by atoms with Gasteiger partial charge >= 0.3 is 6.09 Å². The normalized spacial score (nSPS) is 18.8. The summed E-state index contributed by atoms with van der Waals surface area (Å²) in [4.78, 5) is 34.0.